The molecule has 2 rings (SSSR count). The third-order valence-electron chi connectivity index (χ3n) is 6.15. The molecule has 0 bridgehead atoms. The van der Waals surface area contributed by atoms with Gasteiger partial charge in [0, 0.05) is 30.8 Å². The Hall–Kier alpha value is -2.04. The van der Waals surface area contributed by atoms with E-state index < -0.39 is 0 Å². The lowest BCUT2D eigenvalue weighted by atomic mass is 9.83. The van der Waals surface area contributed by atoms with E-state index >= 15 is 0 Å². The minimum atomic E-state index is -0.128. The molecule has 0 heterocycles. The molecule has 4 heteroatoms. The highest BCUT2D eigenvalue weighted by molar-refractivity contribution is 5.48. The Labute approximate surface area is 202 Å². The van der Waals surface area contributed by atoms with Crippen LogP contribution in [0, 0.1) is 13.8 Å². The molecule has 0 atom stereocenters. The van der Waals surface area contributed by atoms with Gasteiger partial charge in [-0.05, 0) is 62.9 Å². The number of hydrogen-bond acceptors (Lipinski definition) is 4. The quantitative estimate of drug-likeness (QED) is 0.494. The average Bonchev–Trinajstić information content (AvgIpc) is 2.64. The van der Waals surface area contributed by atoms with Gasteiger partial charge in [0.2, 0.25) is 0 Å². The summed E-state index contributed by atoms with van der Waals surface area (Å²) in [5, 5.41) is 22.3. The second-order valence-electron chi connectivity index (χ2n) is 12.0. The molecule has 0 aromatic heterocycles. The average molecular weight is 455 g/mol. The topological polar surface area (TPSA) is 46.9 Å². The minimum absolute atomic E-state index is 0.128. The van der Waals surface area contributed by atoms with Crippen LogP contribution < -0.4 is 0 Å². The van der Waals surface area contributed by atoms with Gasteiger partial charge < -0.3 is 15.1 Å². The van der Waals surface area contributed by atoms with Crippen molar-refractivity contribution in [3.05, 3.63) is 57.6 Å². The van der Waals surface area contributed by atoms with Gasteiger partial charge in [0.05, 0.1) is 0 Å². The van der Waals surface area contributed by atoms with Crippen molar-refractivity contribution in [2.75, 3.05) is 27.2 Å². The number of benzene rings is 2. The Morgan fingerprint density at radius 2 is 1.06 bits per heavy atom. The van der Waals surface area contributed by atoms with E-state index in [2.05, 4.69) is 104 Å². The van der Waals surface area contributed by atoms with E-state index in [1.54, 1.807) is 0 Å². The van der Waals surface area contributed by atoms with E-state index in [-0.39, 0.29) is 10.8 Å². The van der Waals surface area contributed by atoms with Gasteiger partial charge in [0.15, 0.2) is 0 Å². The molecule has 0 amide bonds. The third kappa shape index (κ3) is 7.48. The smallest absolute Gasteiger partial charge is 0.123 e. The molecule has 4 nitrogen and oxygen atoms in total. The first kappa shape index (κ1) is 27.2. The Morgan fingerprint density at radius 3 is 1.39 bits per heavy atom. The molecule has 0 fully saturated rings. The molecule has 0 saturated carbocycles. The zero-order valence-electron chi connectivity index (χ0n) is 22.6. The molecule has 0 aliphatic rings. The van der Waals surface area contributed by atoms with Crippen LogP contribution in [-0.4, -0.2) is 47.2 Å². The molecule has 2 aromatic carbocycles. The fourth-order valence-corrected chi connectivity index (χ4v) is 4.40. The van der Waals surface area contributed by atoms with E-state index in [4.69, 9.17) is 0 Å². The maximum atomic E-state index is 11.1. The summed E-state index contributed by atoms with van der Waals surface area (Å²) in [4.78, 5) is 4.55. The fourth-order valence-electron chi connectivity index (χ4n) is 4.40. The van der Waals surface area contributed by atoms with Gasteiger partial charge in [-0.3, -0.25) is 4.90 Å². The molecule has 2 aromatic rings. The van der Waals surface area contributed by atoms with Gasteiger partial charge in [-0.25, -0.2) is 0 Å². The largest absolute Gasteiger partial charge is 0.507 e. The van der Waals surface area contributed by atoms with Crippen molar-refractivity contribution < 1.29 is 10.2 Å². The van der Waals surface area contributed by atoms with Crippen molar-refractivity contribution >= 4 is 0 Å². The lowest BCUT2D eigenvalue weighted by Gasteiger charge is -2.28. The van der Waals surface area contributed by atoms with Crippen LogP contribution >= 0.6 is 0 Å². The number of aromatic hydroxyl groups is 2. The molecule has 184 valence electrons. The summed E-state index contributed by atoms with van der Waals surface area (Å²) in [5.74, 6) is 0.795. The van der Waals surface area contributed by atoms with Crippen molar-refractivity contribution in [3.8, 4) is 11.5 Å². The number of phenolic OH excluding ortho intramolecular Hbond substituents is 2. The van der Waals surface area contributed by atoms with E-state index in [0.29, 0.717) is 24.6 Å². The zero-order chi connectivity index (χ0) is 25.1. The van der Waals surface area contributed by atoms with Gasteiger partial charge in [-0.15, -0.1) is 0 Å². The Kier molecular flexibility index (Phi) is 8.64. The molecule has 0 spiro atoms. The highest BCUT2D eigenvalue weighted by atomic mass is 16.3. The molecule has 2 N–H and O–H groups in total. The van der Waals surface area contributed by atoms with E-state index in [9.17, 15) is 10.2 Å². The van der Waals surface area contributed by atoms with Gasteiger partial charge in [-0.2, -0.15) is 0 Å². The summed E-state index contributed by atoms with van der Waals surface area (Å²) in [6, 6.07) is 8.38. The first-order valence-electron chi connectivity index (χ1n) is 12.1. The zero-order valence-corrected chi connectivity index (χ0v) is 22.6. The summed E-state index contributed by atoms with van der Waals surface area (Å²) >= 11 is 0. The maximum Gasteiger partial charge on any atom is 0.123 e. The molecule has 0 aliphatic carbocycles. The van der Waals surface area contributed by atoms with Crippen molar-refractivity contribution in [2.24, 2.45) is 0 Å². The molecule has 0 saturated heterocycles. The van der Waals surface area contributed by atoms with Crippen molar-refractivity contribution in [1.82, 2.24) is 9.80 Å². The lowest BCUT2D eigenvalue weighted by molar-refractivity contribution is 0.233. The van der Waals surface area contributed by atoms with Gasteiger partial charge in [-0.1, -0.05) is 76.9 Å². The van der Waals surface area contributed by atoms with Crippen molar-refractivity contribution in [1.29, 1.82) is 0 Å². The molecule has 0 aliphatic heterocycles. The van der Waals surface area contributed by atoms with Gasteiger partial charge >= 0.3 is 0 Å². The van der Waals surface area contributed by atoms with Crippen LogP contribution in [0.1, 0.15) is 81.3 Å². The van der Waals surface area contributed by atoms with Crippen LogP contribution in [0.3, 0.4) is 0 Å². The van der Waals surface area contributed by atoms with Crippen LogP contribution in [0.15, 0.2) is 24.3 Å². The second-order valence-corrected chi connectivity index (χ2v) is 12.0. The highest BCUT2D eigenvalue weighted by Gasteiger charge is 2.24. The maximum absolute atomic E-state index is 11.1. The first-order valence-corrected chi connectivity index (χ1v) is 12.1. The summed E-state index contributed by atoms with van der Waals surface area (Å²) in [6.45, 7) is 20.2. The molecule has 0 unspecified atom stereocenters. The van der Waals surface area contributed by atoms with Crippen molar-refractivity contribution in [3.63, 3.8) is 0 Å². The number of hydrogen-bond donors (Lipinski definition) is 2. The standard InChI is InChI=1S/C29H46N2O2/c1-20-14-22(26(32)24(16-20)28(3,4)5)18-31(13-11-12-30(9)10)19-23-15-21(2)17-25(27(23)33)29(6,7)8/h14-17,32-33H,11-13,18-19H2,1-10H3. The molecular formula is C29H46N2O2. The van der Waals surface area contributed by atoms with Crippen LogP contribution in [0.2, 0.25) is 0 Å². The second kappa shape index (κ2) is 10.5. The Morgan fingerprint density at radius 1 is 0.667 bits per heavy atom. The number of nitrogens with zero attached hydrogens (tertiary/aromatic N) is 2. The first-order chi connectivity index (χ1) is 15.1. The Bertz CT molecular complexity index is 878. The number of rotatable bonds is 8. The summed E-state index contributed by atoms with van der Waals surface area (Å²) in [7, 11) is 4.18. The van der Waals surface area contributed by atoms with E-state index in [1.807, 2.05) is 0 Å². The summed E-state index contributed by atoms with van der Waals surface area (Å²) in [5.41, 5.74) is 5.94. The third-order valence-corrected chi connectivity index (χ3v) is 6.15. The molecule has 0 radical (unpaired) electrons. The number of phenols is 2. The van der Waals surface area contributed by atoms with Gasteiger partial charge in [0.25, 0.3) is 0 Å². The van der Waals surface area contributed by atoms with E-state index in [1.165, 1.54) is 0 Å². The lowest BCUT2D eigenvalue weighted by Crippen LogP contribution is -2.27. The van der Waals surface area contributed by atoms with E-state index in [0.717, 1.165) is 52.9 Å². The highest BCUT2D eigenvalue weighted by Crippen LogP contribution is 2.37. The monoisotopic (exact) mass is 454 g/mol. The predicted molar refractivity (Wildman–Crippen MR) is 140 cm³/mol. The van der Waals surface area contributed by atoms with Crippen LogP contribution in [0.25, 0.3) is 0 Å². The van der Waals surface area contributed by atoms with Gasteiger partial charge in [0.1, 0.15) is 11.5 Å². The molecule has 33 heavy (non-hydrogen) atoms. The van der Waals surface area contributed by atoms with Crippen LogP contribution in [0.4, 0.5) is 0 Å². The normalized spacial score (nSPS) is 12.7. The minimum Gasteiger partial charge on any atom is -0.507 e. The summed E-state index contributed by atoms with van der Waals surface area (Å²) < 4.78 is 0. The SMILES string of the molecule is Cc1cc(CN(CCCN(C)C)Cc2cc(C)cc(C(C)(C)C)c2O)c(O)c(C(C)(C)C)c1. The number of aryl methyl sites for hydroxylation is 2. The van der Waals surface area contributed by atoms with Crippen LogP contribution in [0.5, 0.6) is 11.5 Å². The Balaban J connectivity index is 2.44. The predicted octanol–water partition coefficient (Wildman–Crippen LogP) is 6.26. The van der Waals surface area contributed by atoms with Crippen molar-refractivity contribution in [2.45, 2.75) is 85.7 Å². The summed E-state index contributed by atoms with van der Waals surface area (Å²) in [6.07, 6.45) is 1.02. The van der Waals surface area contributed by atoms with Crippen LogP contribution in [-0.2, 0) is 23.9 Å². The fraction of sp³-hybridized carbons (Fsp3) is 0.586. The molecular weight excluding hydrogens is 408 g/mol.